The number of halogens is 1. The molecule has 7 unspecified atom stereocenters. The van der Waals surface area contributed by atoms with Gasteiger partial charge in [0.05, 0.1) is 32.9 Å². The van der Waals surface area contributed by atoms with E-state index in [9.17, 15) is 33.2 Å². The Morgan fingerprint density at radius 1 is 0.667 bits per heavy atom. The fourth-order valence-electron chi connectivity index (χ4n) is 10.1. The van der Waals surface area contributed by atoms with Gasteiger partial charge in [-0.05, 0) is 111 Å². The molecular formula is C49H62FN7O9. The van der Waals surface area contributed by atoms with Crippen LogP contribution in [0.3, 0.4) is 0 Å². The minimum atomic E-state index is -0.866. The predicted molar refractivity (Wildman–Crippen MR) is 245 cm³/mol. The van der Waals surface area contributed by atoms with E-state index >= 15 is 0 Å². The standard InChI is InChI=1S/C49H62FN7O9/c1-5-30(6-2)42(53-48(62)64-3)46(60)55-26-7-9-40(55)44(58)51-35-17-11-31(12-18-35)38-23-24-39(57(38)37-21-15-34(50)16-22-37)32-13-19-36(20-14-32)52-45(59)41-10-8-27-56(41)47(61)43(54-49(63)65-4)33-25-28-66-29-33/h11-22,30,33,38-43H,5-10,23-29H2,1-4H3,(H,51,58)(H,52,59)(H,53,62)(H,54,63). The number of benzene rings is 3. The maximum absolute atomic E-state index is 14.2. The van der Waals surface area contributed by atoms with Gasteiger partial charge in [-0.3, -0.25) is 19.2 Å². The fraction of sp³-hybridized carbons (Fsp3) is 0.510. The van der Waals surface area contributed by atoms with E-state index in [1.54, 1.807) is 21.9 Å². The Morgan fingerprint density at radius 3 is 1.64 bits per heavy atom. The molecule has 4 N–H and O–H groups in total. The first-order chi connectivity index (χ1) is 31.9. The van der Waals surface area contributed by atoms with Crippen LogP contribution in [0.2, 0.25) is 0 Å². The Morgan fingerprint density at radius 2 is 1.17 bits per heavy atom. The minimum absolute atomic E-state index is 0.0870. The zero-order chi connectivity index (χ0) is 46.9. The lowest BCUT2D eigenvalue weighted by Gasteiger charge is -2.33. The third kappa shape index (κ3) is 10.7. The van der Waals surface area contributed by atoms with Crippen molar-refractivity contribution in [3.63, 3.8) is 0 Å². The summed E-state index contributed by atoms with van der Waals surface area (Å²) in [6.45, 7) is 5.55. The van der Waals surface area contributed by atoms with Crippen LogP contribution in [0, 0.1) is 17.7 Å². The second kappa shape index (κ2) is 21.8. The number of likely N-dealkylation sites (tertiary alicyclic amines) is 2. The summed E-state index contributed by atoms with van der Waals surface area (Å²) >= 11 is 0. The van der Waals surface area contributed by atoms with Crippen LogP contribution in [0.25, 0.3) is 0 Å². The summed E-state index contributed by atoms with van der Waals surface area (Å²) in [5.41, 5.74) is 4.00. The molecule has 3 aromatic carbocycles. The number of nitrogens with zero attached hydrogens (tertiary/aromatic N) is 3. The molecule has 0 aromatic heterocycles. The quantitative estimate of drug-likeness (QED) is 0.128. The number of carbonyl (C=O) groups excluding carboxylic acids is 6. The SMILES string of the molecule is CCC(CC)C(NC(=O)OC)C(=O)N1CCCC1C(=O)Nc1ccc(C2CCC(c3ccc(NC(=O)C4CCCN4C(=O)C(NC(=O)OC)C4CCOC4)cc3)N2c2ccc(F)cc2)cc1. The average Bonchev–Trinajstić information content (AvgIpc) is 4.19. The van der Waals surface area contributed by atoms with Crippen LogP contribution < -0.4 is 26.2 Å². The third-order valence-corrected chi connectivity index (χ3v) is 13.7. The van der Waals surface area contributed by atoms with Crippen LogP contribution in [-0.4, -0.2) is 110 Å². The molecule has 354 valence electrons. The van der Waals surface area contributed by atoms with Crippen molar-refractivity contribution in [1.82, 2.24) is 20.4 Å². The molecule has 4 fully saturated rings. The van der Waals surface area contributed by atoms with Gasteiger partial charge in [0.15, 0.2) is 0 Å². The normalized spacial score (nSPS) is 22.5. The van der Waals surface area contributed by atoms with Gasteiger partial charge in [-0.25, -0.2) is 14.0 Å². The molecule has 0 aliphatic carbocycles. The van der Waals surface area contributed by atoms with Gasteiger partial charge in [0.1, 0.15) is 30.0 Å². The average molecular weight is 912 g/mol. The molecule has 16 nitrogen and oxygen atoms in total. The van der Waals surface area contributed by atoms with Gasteiger partial charge in [0.25, 0.3) is 0 Å². The number of amides is 6. The molecule has 0 saturated carbocycles. The van der Waals surface area contributed by atoms with Crippen molar-refractivity contribution in [2.45, 2.75) is 108 Å². The molecular weight excluding hydrogens is 850 g/mol. The van der Waals surface area contributed by atoms with Gasteiger partial charge in [0.2, 0.25) is 23.6 Å². The van der Waals surface area contributed by atoms with E-state index in [1.807, 2.05) is 62.4 Å². The number of carbonyl (C=O) groups is 6. The van der Waals surface area contributed by atoms with Crippen molar-refractivity contribution >= 4 is 52.9 Å². The molecule has 17 heteroatoms. The number of ether oxygens (including phenoxy) is 3. The van der Waals surface area contributed by atoms with Gasteiger partial charge in [-0.1, -0.05) is 51.0 Å². The van der Waals surface area contributed by atoms with E-state index in [1.165, 1.54) is 26.4 Å². The van der Waals surface area contributed by atoms with E-state index in [0.29, 0.717) is 82.6 Å². The number of hydrogen-bond donors (Lipinski definition) is 4. The van der Waals surface area contributed by atoms with Crippen LogP contribution in [0.1, 0.15) is 94.8 Å². The highest BCUT2D eigenvalue weighted by molar-refractivity contribution is 5.99. The van der Waals surface area contributed by atoms with Crippen molar-refractivity contribution < 1.29 is 47.4 Å². The summed E-state index contributed by atoms with van der Waals surface area (Å²) < 4.78 is 29.3. The van der Waals surface area contributed by atoms with Gasteiger partial charge in [-0.2, -0.15) is 0 Å². The first-order valence-electron chi connectivity index (χ1n) is 23.2. The lowest BCUT2D eigenvalue weighted by Crippen LogP contribution is -2.55. The van der Waals surface area contributed by atoms with Crippen LogP contribution in [0.4, 0.5) is 31.0 Å². The minimum Gasteiger partial charge on any atom is -0.453 e. The molecule has 4 aliphatic heterocycles. The molecule has 3 aromatic rings. The number of methoxy groups -OCH3 is 2. The van der Waals surface area contributed by atoms with Crippen molar-refractivity contribution in [2.24, 2.45) is 11.8 Å². The molecule has 0 bridgehead atoms. The van der Waals surface area contributed by atoms with E-state index in [2.05, 4.69) is 26.2 Å². The van der Waals surface area contributed by atoms with Gasteiger partial charge < -0.3 is 50.2 Å². The van der Waals surface area contributed by atoms with E-state index in [-0.39, 0.29) is 53.4 Å². The summed E-state index contributed by atoms with van der Waals surface area (Å²) in [5.74, 6) is -1.92. The Kier molecular flexibility index (Phi) is 15.8. The monoisotopic (exact) mass is 911 g/mol. The van der Waals surface area contributed by atoms with Gasteiger partial charge in [0, 0.05) is 42.7 Å². The van der Waals surface area contributed by atoms with Crippen LogP contribution in [-0.2, 0) is 33.4 Å². The lowest BCUT2D eigenvalue weighted by atomic mass is 9.93. The summed E-state index contributed by atoms with van der Waals surface area (Å²) in [5, 5.41) is 11.4. The molecule has 4 aliphatic rings. The molecule has 6 amide bonds. The van der Waals surface area contributed by atoms with Crippen LogP contribution >= 0.6 is 0 Å². The molecule has 7 rings (SSSR count). The topological polar surface area (TPSA) is 188 Å². The van der Waals surface area contributed by atoms with Gasteiger partial charge in [-0.15, -0.1) is 0 Å². The maximum Gasteiger partial charge on any atom is 0.407 e. The fourth-order valence-corrected chi connectivity index (χ4v) is 10.1. The summed E-state index contributed by atoms with van der Waals surface area (Å²) in [6, 6.07) is 18.5. The van der Waals surface area contributed by atoms with Crippen LogP contribution in [0.5, 0.6) is 0 Å². The second-order valence-corrected chi connectivity index (χ2v) is 17.5. The molecule has 4 heterocycles. The molecule has 0 radical (unpaired) electrons. The Bertz CT molecular complexity index is 2060. The highest BCUT2D eigenvalue weighted by Crippen LogP contribution is 2.47. The largest absolute Gasteiger partial charge is 0.453 e. The van der Waals surface area contributed by atoms with E-state index < -0.39 is 36.4 Å². The Hall–Kier alpha value is -6.23. The summed E-state index contributed by atoms with van der Waals surface area (Å²) in [6.07, 6.45) is 4.41. The van der Waals surface area contributed by atoms with Gasteiger partial charge >= 0.3 is 12.2 Å². The summed E-state index contributed by atoms with van der Waals surface area (Å²) in [4.78, 5) is 84.9. The Balaban J connectivity index is 1.02. The molecule has 66 heavy (non-hydrogen) atoms. The number of hydrogen-bond acceptors (Lipinski definition) is 10. The first-order valence-corrected chi connectivity index (χ1v) is 23.2. The number of rotatable bonds is 15. The lowest BCUT2D eigenvalue weighted by molar-refractivity contribution is -0.139. The van der Waals surface area contributed by atoms with E-state index in [0.717, 1.165) is 29.7 Å². The summed E-state index contributed by atoms with van der Waals surface area (Å²) in [7, 11) is 2.50. The van der Waals surface area contributed by atoms with E-state index in [4.69, 9.17) is 14.2 Å². The molecule has 0 spiro atoms. The number of alkyl carbamates (subject to hydrolysis) is 2. The number of anilines is 3. The van der Waals surface area contributed by atoms with Crippen molar-refractivity contribution in [1.29, 1.82) is 0 Å². The number of nitrogens with one attached hydrogen (secondary N) is 4. The van der Waals surface area contributed by atoms with Crippen molar-refractivity contribution in [2.75, 3.05) is 56.1 Å². The highest BCUT2D eigenvalue weighted by atomic mass is 19.1. The highest BCUT2D eigenvalue weighted by Gasteiger charge is 2.43. The Labute approximate surface area is 385 Å². The van der Waals surface area contributed by atoms with Crippen LogP contribution in [0.15, 0.2) is 72.8 Å². The third-order valence-electron chi connectivity index (χ3n) is 13.7. The first kappa shape index (κ1) is 47.7. The zero-order valence-electron chi connectivity index (χ0n) is 38.1. The van der Waals surface area contributed by atoms with Crippen molar-refractivity contribution in [3.8, 4) is 0 Å². The molecule has 7 atom stereocenters. The second-order valence-electron chi connectivity index (χ2n) is 17.5. The molecule has 4 saturated heterocycles. The smallest absolute Gasteiger partial charge is 0.407 e. The zero-order valence-corrected chi connectivity index (χ0v) is 38.1. The predicted octanol–water partition coefficient (Wildman–Crippen LogP) is 6.69. The maximum atomic E-state index is 14.2. The van der Waals surface area contributed by atoms with Crippen molar-refractivity contribution in [3.05, 3.63) is 89.7 Å².